The van der Waals surface area contributed by atoms with Crippen LogP contribution in [0.3, 0.4) is 0 Å². The molecule has 2 aromatic rings. The fourth-order valence-corrected chi connectivity index (χ4v) is 3.67. The van der Waals surface area contributed by atoms with Crippen LogP contribution >= 0.6 is 15.9 Å². The molecule has 5 nitrogen and oxygen atoms in total. The molecule has 1 aliphatic carbocycles. The van der Waals surface area contributed by atoms with Crippen LogP contribution in [0.25, 0.3) is 5.70 Å². The van der Waals surface area contributed by atoms with Crippen LogP contribution < -0.4 is 16.2 Å². The summed E-state index contributed by atoms with van der Waals surface area (Å²) in [6.45, 7) is 3.95. The smallest absolute Gasteiger partial charge is 0.269 e. The Morgan fingerprint density at radius 3 is 2.32 bits per heavy atom. The monoisotopic (exact) mass is 441 g/mol. The van der Waals surface area contributed by atoms with E-state index in [9.17, 15) is 9.59 Å². The third kappa shape index (κ3) is 5.45. The molecule has 0 bridgehead atoms. The highest BCUT2D eigenvalue weighted by molar-refractivity contribution is 9.10. The normalized spacial score (nSPS) is 14.2. The first-order valence-electron chi connectivity index (χ1n) is 9.45. The van der Waals surface area contributed by atoms with E-state index in [1.165, 1.54) is 6.42 Å². The van der Waals surface area contributed by atoms with Crippen LogP contribution in [0.4, 0.5) is 5.69 Å². The zero-order valence-corrected chi connectivity index (χ0v) is 17.2. The average molecular weight is 442 g/mol. The van der Waals surface area contributed by atoms with Crippen LogP contribution in [0.1, 0.15) is 48.0 Å². The molecule has 3 N–H and O–H groups in total. The quantitative estimate of drug-likeness (QED) is 0.559. The van der Waals surface area contributed by atoms with Crippen molar-refractivity contribution in [2.75, 3.05) is 5.32 Å². The lowest BCUT2D eigenvalue weighted by molar-refractivity contribution is -0.120. The van der Waals surface area contributed by atoms with Crippen LogP contribution in [0.2, 0.25) is 0 Å². The molecule has 0 atom stereocenters. The predicted molar refractivity (Wildman–Crippen MR) is 115 cm³/mol. The Morgan fingerprint density at radius 2 is 1.64 bits per heavy atom. The van der Waals surface area contributed by atoms with Crippen molar-refractivity contribution in [3.8, 4) is 0 Å². The molecule has 2 aromatic carbocycles. The van der Waals surface area contributed by atoms with Crippen molar-refractivity contribution in [1.82, 2.24) is 10.9 Å². The van der Waals surface area contributed by atoms with Gasteiger partial charge in [0.05, 0.1) is 5.70 Å². The second-order valence-corrected chi connectivity index (χ2v) is 7.89. The molecule has 0 radical (unpaired) electrons. The van der Waals surface area contributed by atoms with E-state index in [-0.39, 0.29) is 17.7 Å². The van der Waals surface area contributed by atoms with Crippen molar-refractivity contribution in [3.63, 3.8) is 0 Å². The van der Waals surface area contributed by atoms with E-state index in [0.717, 1.165) is 41.4 Å². The van der Waals surface area contributed by atoms with Gasteiger partial charge in [-0.2, -0.15) is 0 Å². The third-order valence-electron chi connectivity index (χ3n) is 4.89. The predicted octanol–water partition coefficient (Wildman–Crippen LogP) is 4.87. The molecule has 1 saturated carbocycles. The summed E-state index contributed by atoms with van der Waals surface area (Å²) in [5.41, 5.74) is 8.16. The van der Waals surface area contributed by atoms with E-state index >= 15 is 0 Å². The number of hydrazine groups is 1. The van der Waals surface area contributed by atoms with E-state index in [1.807, 2.05) is 30.3 Å². The van der Waals surface area contributed by atoms with Gasteiger partial charge in [0, 0.05) is 21.6 Å². The molecule has 0 aliphatic heterocycles. The standard InChI is InChI=1S/C22H24BrN3O2/c1-15(25-26-22(28)18-8-5-9-19(23)14-18)16-10-12-20(13-11-16)24-21(27)17-6-3-2-4-7-17/h5,8-14,17,25H,1-4,6-7H2,(H,24,27)(H,26,28). The summed E-state index contributed by atoms with van der Waals surface area (Å²) < 4.78 is 0.838. The van der Waals surface area contributed by atoms with Gasteiger partial charge in [-0.05, 0) is 48.7 Å². The number of amides is 2. The Bertz CT molecular complexity index is 858. The summed E-state index contributed by atoms with van der Waals surface area (Å²) in [6, 6.07) is 14.5. The molecular weight excluding hydrogens is 418 g/mol. The lowest BCUT2D eigenvalue weighted by Crippen LogP contribution is -2.35. The van der Waals surface area contributed by atoms with Crippen LogP contribution in [0.5, 0.6) is 0 Å². The van der Waals surface area contributed by atoms with Gasteiger partial charge in [0.2, 0.25) is 5.91 Å². The van der Waals surface area contributed by atoms with Crippen molar-refractivity contribution >= 4 is 39.1 Å². The van der Waals surface area contributed by atoms with Crippen LogP contribution in [0, 0.1) is 5.92 Å². The van der Waals surface area contributed by atoms with Crippen LogP contribution in [0.15, 0.2) is 59.6 Å². The molecule has 0 unspecified atom stereocenters. The molecule has 1 fully saturated rings. The number of carbonyl (C=O) groups excluding carboxylic acids is 2. The molecule has 0 spiro atoms. The van der Waals surface area contributed by atoms with E-state index < -0.39 is 0 Å². The van der Waals surface area contributed by atoms with Crippen molar-refractivity contribution in [2.24, 2.45) is 5.92 Å². The molecule has 0 heterocycles. The molecular formula is C22H24BrN3O2. The van der Waals surface area contributed by atoms with Gasteiger partial charge >= 0.3 is 0 Å². The second kappa shape index (κ2) is 9.55. The summed E-state index contributed by atoms with van der Waals surface area (Å²) >= 11 is 3.35. The van der Waals surface area contributed by atoms with Crippen LogP contribution in [-0.2, 0) is 4.79 Å². The number of halogens is 1. The van der Waals surface area contributed by atoms with Gasteiger partial charge in [-0.25, -0.2) is 0 Å². The maximum Gasteiger partial charge on any atom is 0.269 e. The minimum atomic E-state index is -0.251. The lowest BCUT2D eigenvalue weighted by Gasteiger charge is -2.20. The van der Waals surface area contributed by atoms with Gasteiger partial charge in [-0.15, -0.1) is 0 Å². The molecule has 28 heavy (non-hydrogen) atoms. The van der Waals surface area contributed by atoms with Crippen LogP contribution in [-0.4, -0.2) is 11.8 Å². The first kappa shape index (κ1) is 20.1. The highest BCUT2D eigenvalue weighted by Crippen LogP contribution is 2.25. The highest BCUT2D eigenvalue weighted by Gasteiger charge is 2.20. The van der Waals surface area contributed by atoms with Crippen molar-refractivity contribution < 1.29 is 9.59 Å². The number of rotatable bonds is 6. The first-order valence-corrected chi connectivity index (χ1v) is 10.2. The number of benzene rings is 2. The highest BCUT2D eigenvalue weighted by atomic mass is 79.9. The zero-order chi connectivity index (χ0) is 19.9. The third-order valence-corrected chi connectivity index (χ3v) is 5.38. The van der Waals surface area contributed by atoms with Crippen molar-refractivity contribution in [3.05, 3.63) is 70.7 Å². The summed E-state index contributed by atoms with van der Waals surface area (Å²) in [6.07, 6.45) is 5.44. The average Bonchev–Trinajstić information content (AvgIpc) is 2.73. The molecule has 0 saturated heterocycles. The minimum absolute atomic E-state index is 0.102. The summed E-state index contributed by atoms with van der Waals surface area (Å²) in [7, 11) is 0. The Morgan fingerprint density at radius 1 is 0.929 bits per heavy atom. The topological polar surface area (TPSA) is 70.2 Å². The van der Waals surface area contributed by atoms with Gasteiger partial charge in [0.1, 0.15) is 0 Å². The number of anilines is 1. The SMILES string of the molecule is C=C(NNC(=O)c1cccc(Br)c1)c1ccc(NC(=O)C2CCCCC2)cc1. The largest absolute Gasteiger partial charge is 0.326 e. The Kier molecular flexibility index (Phi) is 6.87. The maximum atomic E-state index is 12.3. The van der Waals surface area contributed by atoms with E-state index in [2.05, 4.69) is 38.7 Å². The summed E-state index contributed by atoms with van der Waals surface area (Å²) in [5.74, 6) is -0.0252. The van der Waals surface area contributed by atoms with E-state index in [4.69, 9.17) is 0 Å². The molecule has 0 aromatic heterocycles. The van der Waals surface area contributed by atoms with Gasteiger partial charge in [0.15, 0.2) is 0 Å². The second-order valence-electron chi connectivity index (χ2n) is 6.97. The molecule has 2 amide bonds. The molecule has 3 rings (SSSR count). The molecule has 146 valence electrons. The molecule has 1 aliphatic rings. The summed E-state index contributed by atoms with van der Waals surface area (Å²) in [5, 5.41) is 2.99. The van der Waals surface area contributed by atoms with Crippen molar-refractivity contribution in [1.29, 1.82) is 0 Å². The Balaban J connectivity index is 1.51. The van der Waals surface area contributed by atoms with E-state index in [1.54, 1.807) is 18.2 Å². The summed E-state index contributed by atoms with van der Waals surface area (Å²) in [4.78, 5) is 24.5. The maximum absolute atomic E-state index is 12.3. The van der Waals surface area contributed by atoms with Gasteiger partial charge in [-0.1, -0.05) is 60.0 Å². The Labute approximate surface area is 173 Å². The fraction of sp³-hybridized carbons (Fsp3) is 0.273. The van der Waals surface area contributed by atoms with Gasteiger partial charge in [-0.3, -0.25) is 20.4 Å². The zero-order valence-electron chi connectivity index (χ0n) is 15.6. The number of hydrogen-bond donors (Lipinski definition) is 3. The number of hydrogen-bond acceptors (Lipinski definition) is 3. The minimum Gasteiger partial charge on any atom is -0.326 e. The Hall–Kier alpha value is -2.60. The van der Waals surface area contributed by atoms with E-state index in [0.29, 0.717) is 11.3 Å². The lowest BCUT2D eigenvalue weighted by atomic mass is 9.88. The first-order chi connectivity index (χ1) is 13.5. The van der Waals surface area contributed by atoms with Gasteiger partial charge < -0.3 is 5.32 Å². The molecule has 6 heteroatoms. The fourth-order valence-electron chi connectivity index (χ4n) is 3.27. The van der Waals surface area contributed by atoms with Crippen molar-refractivity contribution in [2.45, 2.75) is 32.1 Å². The number of nitrogens with one attached hydrogen (secondary N) is 3. The number of carbonyl (C=O) groups is 2. The van der Waals surface area contributed by atoms with Gasteiger partial charge in [0.25, 0.3) is 5.91 Å².